The van der Waals surface area contributed by atoms with Crippen molar-refractivity contribution in [1.82, 2.24) is 15.5 Å². The molecule has 0 unspecified atom stereocenters. The molecule has 26 heavy (non-hydrogen) atoms. The van der Waals surface area contributed by atoms with E-state index >= 15 is 0 Å². The number of carbonyl (C=O) groups is 1. The van der Waals surface area contributed by atoms with Gasteiger partial charge in [-0.1, -0.05) is 0 Å². The molecular formula is C18H18FN5O2. The predicted octanol–water partition coefficient (Wildman–Crippen LogP) is 3.01. The van der Waals surface area contributed by atoms with Crippen LogP contribution in [0.2, 0.25) is 0 Å². The number of amides is 1. The molecule has 0 fully saturated rings. The Morgan fingerprint density at radius 1 is 1.23 bits per heavy atom. The van der Waals surface area contributed by atoms with E-state index in [2.05, 4.69) is 25.8 Å². The van der Waals surface area contributed by atoms with E-state index in [1.165, 1.54) is 36.4 Å². The van der Waals surface area contributed by atoms with Gasteiger partial charge in [-0.15, -0.1) is 0 Å². The van der Waals surface area contributed by atoms with Crippen molar-refractivity contribution < 1.29 is 14.3 Å². The molecule has 0 bridgehead atoms. The molecule has 0 spiro atoms. The summed E-state index contributed by atoms with van der Waals surface area (Å²) in [5, 5.41) is 22.5. The number of H-pyrrole nitrogens is 1. The summed E-state index contributed by atoms with van der Waals surface area (Å²) in [5.74, 6) is -0.0423. The first-order valence-electron chi connectivity index (χ1n) is 8.01. The summed E-state index contributed by atoms with van der Waals surface area (Å²) in [5.41, 5.74) is 0.899. The highest BCUT2D eigenvalue weighted by atomic mass is 19.1. The predicted molar refractivity (Wildman–Crippen MR) is 97.8 cm³/mol. The lowest BCUT2D eigenvalue weighted by molar-refractivity contribution is 0.0977. The number of hydrogen-bond acceptors (Lipinski definition) is 4. The van der Waals surface area contributed by atoms with Gasteiger partial charge in [-0.2, -0.15) is 5.10 Å². The number of nitrogens with one attached hydrogen (secondary N) is 3. The smallest absolute Gasteiger partial charge is 0.257 e. The zero-order valence-corrected chi connectivity index (χ0v) is 14.2. The number of anilines is 1. The molecule has 134 valence electrons. The zero-order chi connectivity index (χ0) is 18.7. The molecule has 0 atom stereocenters. The van der Waals surface area contributed by atoms with E-state index < -0.39 is 0 Å². The van der Waals surface area contributed by atoms with Crippen LogP contribution in [0, 0.1) is 5.82 Å². The second-order valence-electron chi connectivity index (χ2n) is 5.96. The van der Waals surface area contributed by atoms with E-state index in [0.29, 0.717) is 22.3 Å². The zero-order valence-electron chi connectivity index (χ0n) is 14.2. The number of phenols is 1. The van der Waals surface area contributed by atoms with Crippen LogP contribution in [0.4, 0.5) is 10.2 Å². The van der Waals surface area contributed by atoms with Gasteiger partial charge in [0.15, 0.2) is 5.82 Å². The van der Waals surface area contributed by atoms with E-state index in [9.17, 15) is 14.3 Å². The van der Waals surface area contributed by atoms with Crippen molar-refractivity contribution in [3.8, 4) is 5.75 Å². The second-order valence-corrected chi connectivity index (χ2v) is 5.96. The molecule has 7 nitrogen and oxygen atoms in total. The Labute approximate surface area is 149 Å². The highest BCUT2D eigenvalue weighted by Gasteiger charge is 2.13. The van der Waals surface area contributed by atoms with Crippen molar-refractivity contribution in [3.63, 3.8) is 0 Å². The number of halogens is 1. The lowest BCUT2D eigenvalue weighted by Crippen LogP contribution is -2.36. The van der Waals surface area contributed by atoms with Crippen molar-refractivity contribution in [1.29, 1.82) is 0 Å². The molecule has 1 heterocycles. The molecule has 1 amide bonds. The maximum Gasteiger partial charge on any atom is 0.257 e. The first kappa shape index (κ1) is 17.4. The van der Waals surface area contributed by atoms with Crippen LogP contribution in [0.1, 0.15) is 24.2 Å². The summed E-state index contributed by atoms with van der Waals surface area (Å²) < 4.78 is 13.3. The number of rotatable bonds is 3. The molecule has 8 heteroatoms. The minimum Gasteiger partial charge on any atom is -0.508 e. The number of aromatic amines is 1. The third-order valence-electron chi connectivity index (χ3n) is 3.51. The fourth-order valence-electron chi connectivity index (χ4n) is 2.35. The minimum absolute atomic E-state index is 0.0750. The number of fused-ring (bicyclic) bond motifs is 1. The van der Waals surface area contributed by atoms with Gasteiger partial charge in [0.2, 0.25) is 5.96 Å². The minimum atomic E-state index is -0.386. The number of carbonyl (C=O) groups excluding carboxylic acids is 1. The van der Waals surface area contributed by atoms with Gasteiger partial charge in [-0.05, 0) is 56.3 Å². The maximum atomic E-state index is 13.3. The number of nitrogens with zero attached hydrogens (tertiary/aromatic N) is 2. The van der Waals surface area contributed by atoms with Crippen LogP contribution in [0.5, 0.6) is 5.75 Å². The SMILES string of the molecule is CC(C)N=C(NC(=O)c1ccc(O)cc1)Nc1n[nH]c2cc(F)ccc12. The van der Waals surface area contributed by atoms with E-state index in [1.54, 1.807) is 6.07 Å². The van der Waals surface area contributed by atoms with Gasteiger partial charge in [0, 0.05) is 17.0 Å². The van der Waals surface area contributed by atoms with Crippen molar-refractivity contribution >= 4 is 28.6 Å². The van der Waals surface area contributed by atoms with Crippen LogP contribution in [-0.2, 0) is 0 Å². The number of benzene rings is 2. The van der Waals surface area contributed by atoms with Gasteiger partial charge in [0.1, 0.15) is 11.6 Å². The summed E-state index contributed by atoms with van der Waals surface area (Å²) >= 11 is 0. The molecule has 0 saturated heterocycles. The van der Waals surface area contributed by atoms with Crippen LogP contribution < -0.4 is 10.6 Å². The third kappa shape index (κ3) is 3.97. The molecule has 4 N–H and O–H groups in total. The van der Waals surface area contributed by atoms with Crippen LogP contribution in [0.25, 0.3) is 10.9 Å². The monoisotopic (exact) mass is 355 g/mol. The second kappa shape index (κ2) is 7.22. The van der Waals surface area contributed by atoms with Crippen molar-refractivity contribution in [2.24, 2.45) is 4.99 Å². The molecule has 3 aromatic rings. The largest absolute Gasteiger partial charge is 0.508 e. The number of aromatic hydroxyl groups is 1. The van der Waals surface area contributed by atoms with Crippen molar-refractivity contribution in [2.45, 2.75) is 19.9 Å². The lowest BCUT2D eigenvalue weighted by Gasteiger charge is -2.11. The fourth-order valence-corrected chi connectivity index (χ4v) is 2.35. The summed E-state index contributed by atoms with van der Waals surface area (Å²) in [7, 11) is 0. The van der Waals surface area contributed by atoms with Gasteiger partial charge < -0.3 is 10.4 Å². The number of aliphatic imine (C=N–C) groups is 1. The molecule has 0 saturated carbocycles. The van der Waals surface area contributed by atoms with E-state index in [0.717, 1.165) is 0 Å². The van der Waals surface area contributed by atoms with Gasteiger partial charge in [-0.3, -0.25) is 15.2 Å². The Kier molecular flexibility index (Phi) is 4.83. The molecule has 0 aliphatic heterocycles. The van der Waals surface area contributed by atoms with Gasteiger partial charge in [0.25, 0.3) is 5.91 Å². The quantitative estimate of drug-likeness (QED) is 0.428. The maximum absolute atomic E-state index is 13.3. The first-order chi connectivity index (χ1) is 12.4. The van der Waals surface area contributed by atoms with Crippen LogP contribution in [-0.4, -0.2) is 33.2 Å². The number of hydrogen-bond donors (Lipinski definition) is 4. The van der Waals surface area contributed by atoms with Gasteiger partial charge in [-0.25, -0.2) is 9.38 Å². The van der Waals surface area contributed by atoms with Crippen LogP contribution >= 0.6 is 0 Å². The summed E-state index contributed by atoms with van der Waals surface area (Å²) in [4.78, 5) is 16.7. The molecular weight excluding hydrogens is 337 g/mol. The molecule has 3 rings (SSSR count). The number of phenolic OH excluding ortho intramolecular Hbond substituents is 1. The van der Waals surface area contributed by atoms with Crippen molar-refractivity contribution in [3.05, 3.63) is 53.8 Å². The Morgan fingerprint density at radius 2 is 1.96 bits per heavy atom. The Bertz CT molecular complexity index is 963. The summed E-state index contributed by atoms with van der Waals surface area (Å²) in [6.07, 6.45) is 0. The Hall–Kier alpha value is -3.42. The standard InChI is InChI=1S/C18H18FN5O2/c1-10(2)20-18(22-17(26)11-3-6-13(25)7-4-11)21-16-14-8-5-12(19)9-15(14)23-24-16/h3-10,25H,1-2H3,(H3,20,21,22,23,24,26). The molecule has 1 aromatic heterocycles. The van der Waals surface area contributed by atoms with E-state index in [4.69, 9.17) is 0 Å². The highest BCUT2D eigenvalue weighted by molar-refractivity contribution is 6.11. The Morgan fingerprint density at radius 3 is 2.65 bits per heavy atom. The van der Waals surface area contributed by atoms with Crippen LogP contribution in [0.15, 0.2) is 47.5 Å². The normalized spacial score (nSPS) is 11.8. The first-order valence-corrected chi connectivity index (χ1v) is 8.01. The van der Waals surface area contributed by atoms with E-state index in [1.807, 2.05) is 13.8 Å². The van der Waals surface area contributed by atoms with Crippen molar-refractivity contribution in [2.75, 3.05) is 5.32 Å². The van der Waals surface area contributed by atoms with E-state index in [-0.39, 0.29) is 29.5 Å². The Balaban J connectivity index is 1.84. The summed E-state index contributed by atoms with van der Waals surface area (Å²) in [6, 6.07) is 10.0. The van der Waals surface area contributed by atoms with Gasteiger partial charge >= 0.3 is 0 Å². The average Bonchev–Trinajstić information content (AvgIpc) is 2.96. The molecule has 0 aliphatic carbocycles. The molecule has 0 radical (unpaired) electrons. The number of aromatic nitrogens is 2. The third-order valence-corrected chi connectivity index (χ3v) is 3.51. The van der Waals surface area contributed by atoms with Gasteiger partial charge in [0.05, 0.1) is 5.52 Å². The average molecular weight is 355 g/mol. The lowest BCUT2D eigenvalue weighted by atomic mass is 10.2. The molecule has 0 aliphatic rings. The summed E-state index contributed by atoms with van der Waals surface area (Å²) in [6.45, 7) is 3.73. The number of guanidine groups is 1. The topological polar surface area (TPSA) is 102 Å². The molecule has 2 aromatic carbocycles. The fraction of sp³-hybridized carbons (Fsp3) is 0.167. The highest BCUT2D eigenvalue weighted by Crippen LogP contribution is 2.21. The van der Waals surface area contributed by atoms with Crippen LogP contribution in [0.3, 0.4) is 0 Å².